The van der Waals surface area contributed by atoms with Crippen LogP contribution in [0.5, 0.6) is 5.75 Å². The quantitative estimate of drug-likeness (QED) is 0.710. The molecular weight excluding hydrogens is 288 g/mol. The second kappa shape index (κ2) is 7.38. The largest absolute Gasteiger partial charge is 0.484 e. The third-order valence-corrected chi connectivity index (χ3v) is 3.82. The van der Waals surface area contributed by atoms with Gasteiger partial charge in [-0.25, -0.2) is 0 Å². The molecule has 1 aliphatic carbocycles. The van der Waals surface area contributed by atoms with Crippen molar-refractivity contribution in [1.82, 2.24) is 5.32 Å². The van der Waals surface area contributed by atoms with Gasteiger partial charge in [0.05, 0.1) is 12.1 Å². The molecule has 0 radical (unpaired) electrons. The van der Waals surface area contributed by atoms with Crippen LogP contribution in [-0.2, 0) is 4.79 Å². The Hall–Kier alpha value is -1.66. The number of carbonyl (C=O) groups excluding carboxylic acids is 1. The van der Waals surface area contributed by atoms with Crippen LogP contribution in [0.4, 0.5) is 0 Å². The maximum absolute atomic E-state index is 11.8. The molecule has 1 amide bonds. The second-order valence-corrected chi connectivity index (χ2v) is 5.64. The van der Waals surface area contributed by atoms with Crippen molar-refractivity contribution in [3.8, 4) is 5.75 Å². The first-order chi connectivity index (χ1) is 10.1. The zero-order valence-corrected chi connectivity index (χ0v) is 12.6. The summed E-state index contributed by atoms with van der Waals surface area (Å²) in [5.74, 6) is 0.355. The first-order valence-corrected chi connectivity index (χ1v) is 7.47. The molecule has 1 aromatic carbocycles. The van der Waals surface area contributed by atoms with Gasteiger partial charge in [-0.05, 0) is 37.1 Å². The lowest BCUT2D eigenvalue weighted by Gasteiger charge is -2.28. The fraction of sp³-hybridized carbons (Fsp3) is 0.467. The van der Waals surface area contributed by atoms with Crippen LogP contribution in [0, 0.1) is 0 Å². The molecule has 21 heavy (non-hydrogen) atoms. The van der Waals surface area contributed by atoms with Crippen molar-refractivity contribution in [2.75, 3.05) is 6.61 Å². The van der Waals surface area contributed by atoms with Crippen LogP contribution in [0.3, 0.4) is 0 Å². The molecule has 0 spiro atoms. The lowest BCUT2D eigenvalue weighted by molar-refractivity contribution is -0.125. The van der Waals surface area contributed by atoms with Crippen molar-refractivity contribution in [2.24, 2.45) is 5.73 Å². The molecule has 0 saturated heterocycles. The number of hydrogen-bond acceptors (Lipinski definition) is 4. The number of ether oxygens (including phenoxy) is 1. The number of aliphatic hydroxyl groups is 1. The van der Waals surface area contributed by atoms with Crippen molar-refractivity contribution in [3.05, 3.63) is 29.8 Å². The average Bonchev–Trinajstić information content (AvgIpc) is 2.48. The van der Waals surface area contributed by atoms with Crippen molar-refractivity contribution < 1.29 is 14.6 Å². The molecule has 0 bridgehead atoms. The summed E-state index contributed by atoms with van der Waals surface area (Å²) in [4.78, 5) is 12.1. The van der Waals surface area contributed by atoms with Gasteiger partial charge >= 0.3 is 0 Å². The maximum Gasteiger partial charge on any atom is 0.258 e. The highest BCUT2D eigenvalue weighted by molar-refractivity contribution is 7.80. The van der Waals surface area contributed by atoms with Crippen LogP contribution >= 0.6 is 12.2 Å². The molecule has 2 unspecified atom stereocenters. The Labute approximate surface area is 129 Å². The number of nitrogens with two attached hydrogens (primary N) is 1. The number of nitrogens with one attached hydrogen (secondary N) is 1. The highest BCUT2D eigenvalue weighted by Crippen LogP contribution is 2.18. The predicted octanol–water partition coefficient (Wildman–Crippen LogP) is 1.12. The minimum atomic E-state index is -0.451. The SMILES string of the molecule is NC(=S)c1ccc(OCC(=O)NC2CCCCC2O)cc1. The van der Waals surface area contributed by atoms with Crippen molar-refractivity contribution in [2.45, 2.75) is 37.8 Å². The summed E-state index contributed by atoms with van der Waals surface area (Å²) < 4.78 is 5.40. The number of hydrogen-bond donors (Lipinski definition) is 3. The highest BCUT2D eigenvalue weighted by Gasteiger charge is 2.24. The average molecular weight is 308 g/mol. The minimum Gasteiger partial charge on any atom is -0.484 e. The standard InChI is InChI=1S/C15H20N2O3S/c16-15(21)10-5-7-11(8-6-10)20-9-14(19)17-12-3-1-2-4-13(12)18/h5-8,12-13,18H,1-4,9H2,(H2,16,21)(H,17,19). The smallest absolute Gasteiger partial charge is 0.258 e. The predicted molar refractivity (Wildman–Crippen MR) is 84.2 cm³/mol. The van der Waals surface area contributed by atoms with Gasteiger partial charge < -0.3 is 20.9 Å². The lowest BCUT2D eigenvalue weighted by atomic mass is 9.92. The third kappa shape index (κ3) is 4.68. The van der Waals surface area contributed by atoms with Gasteiger partial charge in [0.1, 0.15) is 10.7 Å². The molecular formula is C15H20N2O3S. The van der Waals surface area contributed by atoms with Gasteiger partial charge in [0.15, 0.2) is 6.61 Å². The Morgan fingerprint density at radius 1 is 1.33 bits per heavy atom. The molecule has 1 aromatic rings. The molecule has 0 aromatic heterocycles. The first kappa shape index (κ1) is 15.7. The number of carbonyl (C=O) groups is 1. The minimum absolute atomic E-state index is 0.0738. The molecule has 0 aliphatic heterocycles. The van der Waals surface area contributed by atoms with Crippen LogP contribution in [-0.4, -0.2) is 34.8 Å². The monoisotopic (exact) mass is 308 g/mol. The number of thiocarbonyl (C=S) groups is 1. The van der Waals surface area contributed by atoms with E-state index >= 15 is 0 Å². The van der Waals surface area contributed by atoms with Crippen LogP contribution in [0.25, 0.3) is 0 Å². The van der Waals surface area contributed by atoms with Gasteiger partial charge in [0.2, 0.25) is 0 Å². The normalized spacial score (nSPS) is 21.6. The maximum atomic E-state index is 11.8. The van der Waals surface area contributed by atoms with E-state index in [0.29, 0.717) is 10.7 Å². The summed E-state index contributed by atoms with van der Waals surface area (Å²) in [5.41, 5.74) is 6.26. The van der Waals surface area contributed by atoms with Crippen molar-refractivity contribution in [3.63, 3.8) is 0 Å². The molecule has 1 fully saturated rings. The van der Waals surface area contributed by atoms with Crippen LogP contribution in [0.15, 0.2) is 24.3 Å². The van der Waals surface area contributed by atoms with Crippen LogP contribution < -0.4 is 15.8 Å². The Balaban J connectivity index is 1.79. The Morgan fingerprint density at radius 3 is 2.62 bits per heavy atom. The van der Waals surface area contributed by atoms with Gasteiger partial charge in [-0.2, -0.15) is 0 Å². The number of rotatable bonds is 5. The van der Waals surface area contributed by atoms with E-state index < -0.39 is 6.10 Å². The fourth-order valence-electron chi connectivity index (χ4n) is 2.39. The molecule has 5 nitrogen and oxygen atoms in total. The summed E-state index contributed by atoms with van der Waals surface area (Å²) >= 11 is 4.86. The van der Waals surface area contributed by atoms with E-state index in [9.17, 15) is 9.90 Å². The van der Waals surface area contributed by atoms with Crippen LogP contribution in [0.1, 0.15) is 31.2 Å². The molecule has 2 rings (SSSR count). The zero-order chi connectivity index (χ0) is 15.2. The van der Waals surface area contributed by atoms with Gasteiger partial charge in [-0.1, -0.05) is 25.1 Å². The molecule has 4 N–H and O–H groups in total. The van der Waals surface area contributed by atoms with Crippen LogP contribution in [0.2, 0.25) is 0 Å². The number of benzene rings is 1. The molecule has 0 heterocycles. The Morgan fingerprint density at radius 2 is 2.00 bits per heavy atom. The molecule has 6 heteroatoms. The van der Waals surface area contributed by atoms with E-state index in [2.05, 4.69) is 5.32 Å². The number of amides is 1. The van der Waals surface area contributed by atoms with Gasteiger partial charge in [0.25, 0.3) is 5.91 Å². The lowest BCUT2D eigenvalue weighted by Crippen LogP contribution is -2.46. The van der Waals surface area contributed by atoms with Gasteiger partial charge in [-0.15, -0.1) is 0 Å². The van der Waals surface area contributed by atoms with E-state index in [1.54, 1.807) is 24.3 Å². The van der Waals surface area contributed by atoms with Crippen molar-refractivity contribution in [1.29, 1.82) is 0 Å². The van der Waals surface area contributed by atoms with Gasteiger partial charge in [-0.3, -0.25) is 4.79 Å². The molecule has 2 atom stereocenters. The number of aliphatic hydroxyl groups excluding tert-OH is 1. The summed E-state index contributed by atoms with van der Waals surface area (Å²) in [6.07, 6.45) is 3.15. The molecule has 1 saturated carbocycles. The van der Waals surface area contributed by atoms with Crippen molar-refractivity contribution >= 4 is 23.1 Å². The Bertz CT molecular complexity index is 504. The summed E-state index contributed by atoms with van der Waals surface area (Å²) in [7, 11) is 0. The van der Waals surface area contributed by atoms with Gasteiger partial charge in [0, 0.05) is 5.56 Å². The highest BCUT2D eigenvalue weighted by atomic mass is 32.1. The van der Waals surface area contributed by atoms with E-state index in [0.717, 1.165) is 31.2 Å². The topological polar surface area (TPSA) is 84.6 Å². The van der Waals surface area contributed by atoms with E-state index in [4.69, 9.17) is 22.7 Å². The summed E-state index contributed by atoms with van der Waals surface area (Å²) in [6, 6.07) is 6.78. The zero-order valence-electron chi connectivity index (χ0n) is 11.7. The third-order valence-electron chi connectivity index (χ3n) is 3.58. The molecule has 1 aliphatic rings. The summed E-state index contributed by atoms with van der Waals surface area (Å²) in [6.45, 7) is -0.0738. The van der Waals surface area contributed by atoms with E-state index in [-0.39, 0.29) is 18.6 Å². The Kier molecular flexibility index (Phi) is 5.52. The second-order valence-electron chi connectivity index (χ2n) is 5.20. The first-order valence-electron chi connectivity index (χ1n) is 7.06. The summed E-state index contributed by atoms with van der Waals surface area (Å²) in [5, 5.41) is 12.6. The van der Waals surface area contributed by atoms with E-state index in [1.165, 1.54) is 0 Å². The fourth-order valence-corrected chi connectivity index (χ4v) is 2.53. The van der Waals surface area contributed by atoms with E-state index in [1.807, 2.05) is 0 Å². The molecule has 114 valence electrons.